The van der Waals surface area contributed by atoms with Crippen molar-refractivity contribution in [2.45, 2.75) is 52.2 Å². The van der Waals surface area contributed by atoms with E-state index < -0.39 is 0 Å². The van der Waals surface area contributed by atoms with Crippen LogP contribution in [0.2, 0.25) is 6.04 Å². The minimum absolute atomic E-state index is 0.204. The summed E-state index contributed by atoms with van der Waals surface area (Å²) in [5.41, 5.74) is -0.363. The highest BCUT2D eigenvalue weighted by Gasteiger charge is 2.23. The maximum absolute atomic E-state index is 11.7. The summed E-state index contributed by atoms with van der Waals surface area (Å²) < 4.78 is 5.41. The van der Waals surface area contributed by atoms with E-state index in [1.54, 1.807) is 4.90 Å². The van der Waals surface area contributed by atoms with E-state index in [4.69, 9.17) is 4.74 Å². The first-order chi connectivity index (χ1) is 6.96. The van der Waals surface area contributed by atoms with Crippen LogP contribution in [0.5, 0.6) is 0 Å². The molecule has 0 fully saturated rings. The molecule has 0 heterocycles. The van der Waals surface area contributed by atoms with Gasteiger partial charge in [0.2, 0.25) is 0 Å². The largest absolute Gasteiger partial charge is 0.443 e. The average molecular weight is 228 g/mol. The second kappa shape index (κ2) is 6.88. The molecule has 0 aliphatic carbocycles. The molecule has 0 spiro atoms. The molecule has 0 atom stereocenters. The fourth-order valence-corrected chi connectivity index (χ4v) is 1.18. The van der Waals surface area contributed by atoms with Crippen LogP contribution in [0.25, 0.3) is 0 Å². The maximum Gasteiger partial charge on any atom is 0.410 e. The van der Waals surface area contributed by atoms with Crippen molar-refractivity contribution >= 4 is 16.3 Å². The van der Waals surface area contributed by atoms with Gasteiger partial charge in [0.15, 0.2) is 0 Å². The van der Waals surface area contributed by atoms with E-state index in [1.807, 2.05) is 27.7 Å². The van der Waals surface area contributed by atoms with E-state index in [0.29, 0.717) is 6.54 Å². The molecule has 15 heavy (non-hydrogen) atoms. The quantitative estimate of drug-likeness (QED) is 0.654. The van der Waals surface area contributed by atoms with Gasteiger partial charge in [-0.2, -0.15) is 0 Å². The minimum Gasteiger partial charge on any atom is -0.443 e. The Morgan fingerprint density at radius 1 is 1.40 bits per heavy atom. The molecular weight excluding hydrogens is 206 g/mol. The van der Waals surface area contributed by atoms with Gasteiger partial charge in [-0.05, 0) is 33.6 Å². The van der Waals surface area contributed by atoms with Gasteiger partial charge in [0.25, 0.3) is 0 Å². The van der Waals surface area contributed by atoms with Crippen molar-refractivity contribution in [2.75, 3.05) is 13.1 Å². The zero-order valence-corrected chi connectivity index (χ0v) is 11.3. The van der Waals surface area contributed by atoms with Crippen LogP contribution in [0.4, 0.5) is 4.79 Å². The van der Waals surface area contributed by atoms with Crippen molar-refractivity contribution in [3.8, 4) is 0 Å². The lowest BCUT2D eigenvalue weighted by Crippen LogP contribution is -2.38. The third-order valence-corrected chi connectivity index (χ3v) is 2.81. The minimum atomic E-state index is -0.363. The molecule has 0 aliphatic rings. The molecule has 0 saturated carbocycles. The van der Waals surface area contributed by atoms with Crippen LogP contribution >= 0.6 is 0 Å². The van der Waals surface area contributed by atoms with Gasteiger partial charge in [-0.15, -0.1) is 0 Å². The number of hydrogen-bond donors (Lipinski definition) is 0. The molecule has 0 aromatic rings. The van der Waals surface area contributed by atoms with Crippen molar-refractivity contribution in [2.24, 2.45) is 0 Å². The number of amides is 1. The zero-order valence-electron chi connectivity index (χ0n) is 10.3. The van der Waals surface area contributed by atoms with Crippen molar-refractivity contribution in [3.63, 3.8) is 0 Å². The highest BCUT2D eigenvalue weighted by Crippen LogP contribution is 2.15. The molecule has 0 unspecified atom stereocenters. The van der Waals surface area contributed by atoms with Gasteiger partial charge in [0.1, 0.15) is 5.60 Å². The van der Waals surface area contributed by atoms with Crippen molar-refractivity contribution in [1.82, 2.24) is 4.90 Å². The van der Waals surface area contributed by atoms with Gasteiger partial charge in [-0.3, -0.25) is 0 Å². The molecule has 3 nitrogen and oxygen atoms in total. The van der Waals surface area contributed by atoms with Crippen LogP contribution in [0.3, 0.4) is 0 Å². The van der Waals surface area contributed by atoms with Crippen molar-refractivity contribution < 1.29 is 9.53 Å². The van der Waals surface area contributed by atoms with E-state index in [2.05, 4.69) is 10.2 Å². The molecule has 0 rings (SSSR count). The summed E-state index contributed by atoms with van der Waals surface area (Å²) >= 11 is 0. The molecule has 0 aromatic carbocycles. The molecule has 4 heteroatoms. The molecule has 87 valence electrons. The van der Waals surface area contributed by atoms with Gasteiger partial charge < -0.3 is 9.64 Å². The Balaban J connectivity index is 4.15. The van der Waals surface area contributed by atoms with E-state index in [0.717, 1.165) is 25.4 Å². The lowest BCUT2D eigenvalue weighted by atomic mass is 10.1. The van der Waals surface area contributed by atoms with Crippen LogP contribution in [0, 0.1) is 0 Å². The van der Waals surface area contributed by atoms with E-state index in [9.17, 15) is 4.79 Å². The number of hydrogen-bond acceptors (Lipinski definition) is 2. The Morgan fingerprint density at radius 3 is 2.40 bits per heavy atom. The number of nitrogens with zero attached hydrogens (tertiary/aromatic N) is 1. The summed E-state index contributed by atoms with van der Waals surface area (Å²) in [6.45, 7) is 9.30. The predicted octanol–water partition coefficient (Wildman–Crippen LogP) is 2.61. The molecule has 0 N–H and O–H groups in total. The average Bonchev–Trinajstić information content (AvgIpc) is 2.18. The molecule has 0 bridgehead atoms. The summed E-state index contributed by atoms with van der Waals surface area (Å²) in [6, 6.07) is 0.904. The summed E-state index contributed by atoms with van der Waals surface area (Å²) in [6.07, 6.45) is 1.57. The molecule has 3 radical (unpaired) electrons. The lowest BCUT2D eigenvalue weighted by molar-refractivity contribution is 0.0123. The topological polar surface area (TPSA) is 29.5 Å². The summed E-state index contributed by atoms with van der Waals surface area (Å²) in [4.78, 5) is 13.5. The van der Waals surface area contributed by atoms with Gasteiger partial charge in [-0.25, -0.2) is 4.79 Å². The third-order valence-electron chi connectivity index (χ3n) is 2.46. The fraction of sp³-hybridized carbons (Fsp3) is 0.909. The lowest BCUT2D eigenvalue weighted by Gasteiger charge is -2.28. The fourth-order valence-electron chi connectivity index (χ4n) is 1.02. The summed E-state index contributed by atoms with van der Waals surface area (Å²) in [5.74, 6) is 0. The highest BCUT2D eigenvalue weighted by atomic mass is 28.1. The van der Waals surface area contributed by atoms with Gasteiger partial charge in [0, 0.05) is 23.3 Å². The van der Waals surface area contributed by atoms with Crippen molar-refractivity contribution in [1.29, 1.82) is 0 Å². The Hall–Kier alpha value is -0.513. The van der Waals surface area contributed by atoms with Crippen LogP contribution in [-0.2, 0) is 4.74 Å². The number of ether oxygens (including phenoxy) is 1. The maximum atomic E-state index is 11.7. The molecule has 0 aromatic heterocycles. The number of carbonyl (C=O) groups is 1. The molecular formula is C11H22NO2Si. The van der Waals surface area contributed by atoms with Gasteiger partial charge in [0.05, 0.1) is 0 Å². The van der Waals surface area contributed by atoms with Crippen LogP contribution in [-0.4, -0.2) is 39.9 Å². The normalized spacial score (nSPS) is 11.3. The van der Waals surface area contributed by atoms with Gasteiger partial charge >= 0.3 is 6.09 Å². The zero-order chi connectivity index (χ0) is 11.9. The SMILES string of the molecule is CCN(CCC[Si])C(=O)OC(C)(C)CC. The first-order valence-corrected chi connectivity index (χ1v) is 6.30. The Bertz CT molecular complexity index is 195. The predicted molar refractivity (Wildman–Crippen MR) is 63.3 cm³/mol. The Kier molecular flexibility index (Phi) is 6.64. The van der Waals surface area contributed by atoms with Crippen LogP contribution < -0.4 is 0 Å². The van der Waals surface area contributed by atoms with Crippen molar-refractivity contribution in [3.05, 3.63) is 0 Å². The standard InChI is InChI=1S/C11H22NO2Si/c1-5-11(3,4)14-10(13)12(6-2)8-7-9-15/h5-9H2,1-4H3. The molecule has 0 saturated heterocycles. The first kappa shape index (κ1) is 14.5. The third kappa shape index (κ3) is 5.82. The summed E-state index contributed by atoms with van der Waals surface area (Å²) in [5, 5.41) is 0. The van der Waals surface area contributed by atoms with Crippen LogP contribution in [0.15, 0.2) is 0 Å². The van der Waals surface area contributed by atoms with Gasteiger partial charge in [-0.1, -0.05) is 13.0 Å². The number of carbonyl (C=O) groups excluding carboxylic acids is 1. The van der Waals surface area contributed by atoms with E-state index in [-0.39, 0.29) is 11.7 Å². The van der Waals surface area contributed by atoms with E-state index >= 15 is 0 Å². The Morgan fingerprint density at radius 2 is 2.00 bits per heavy atom. The second-order valence-corrected chi connectivity index (χ2v) is 4.66. The smallest absolute Gasteiger partial charge is 0.410 e. The monoisotopic (exact) mass is 228 g/mol. The number of rotatable bonds is 6. The van der Waals surface area contributed by atoms with E-state index in [1.165, 1.54) is 0 Å². The first-order valence-electron chi connectivity index (χ1n) is 5.59. The second-order valence-electron chi connectivity index (χ2n) is 4.16. The Labute approximate surface area is 96.6 Å². The molecule has 0 aliphatic heterocycles. The highest BCUT2D eigenvalue weighted by molar-refractivity contribution is 6.08. The summed E-state index contributed by atoms with van der Waals surface area (Å²) in [7, 11) is 3.40. The van der Waals surface area contributed by atoms with Crippen LogP contribution in [0.1, 0.15) is 40.5 Å². The molecule has 1 amide bonds.